The summed E-state index contributed by atoms with van der Waals surface area (Å²) in [6.45, 7) is 4.76. The molecule has 2 fully saturated rings. The molecule has 2 amide bonds. The summed E-state index contributed by atoms with van der Waals surface area (Å²) in [5, 5.41) is 0. The number of hydrogen-bond acceptors (Lipinski definition) is 5. The van der Waals surface area contributed by atoms with Crippen LogP contribution in [-0.4, -0.2) is 72.4 Å². The number of benzene rings is 1. The first-order valence-electron chi connectivity index (χ1n) is 12.3. The van der Waals surface area contributed by atoms with Gasteiger partial charge in [-0.3, -0.25) is 14.5 Å². The van der Waals surface area contributed by atoms with E-state index >= 15 is 0 Å². The second-order valence-corrected chi connectivity index (χ2v) is 9.51. The van der Waals surface area contributed by atoms with Crippen LogP contribution in [0.5, 0.6) is 5.75 Å². The molecule has 2 heterocycles. The van der Waals surface area contributed by atoms with E-state index in [1.165, 1.54) is 6.42 Å². The Morgan fingerprint density at radius 3 is 2.25 bits per heavy atom. The van der Waals surface area contributed by atoms with Gasteiger partial charge in [-0.2, -0.15) is 0 Å². The van der Waals surface area contributed by atoms with Gasteiger partial charge in [-0.25, -0.2) is 0 Å². The van der Waals surface area contributed by atoms with Crippen LogP contribution in [0.3, 0.4) is 0 Å². The van der Waals surface area contributed by atoms with Gasteiger partial charge in [0.25, 0.3) is 11.8 Å². The molecule has 0 radical (unpaired) electrons. The minimum Gasteiger partial charge on any atom is -0.494 e. The number of amides is 2. The zero-order valence-electron chi connectivity index (χ0n) is 19.8. The molecule has 1 aliphatic carbocycles. The van der Waals surface area contributed by atoms with Crippen molar-refractivity contribution in [3.8, 4) is 5.75 Å². The van der Waals surface area contributed by atoms with Crippen molar-refractivity contribution >= 4 is 17.4 Å². The quantitative estimate of drug-likeness (QED) is 0.603. The number of hydrogen-bond donors (Lipinski definition) is 0. The number of carbonyl (C=O) groups excluding carboxylic acids is 2. The lowest BCUT2D eigenvalue weighted by Gasteiger charge is -2.37. The molecule has 1 saturated heterocycles. The first-order chi connectivity index (χ1) is 15.5. The fourth-order valence-electron chi connectivity index (χ4n) is 5.30. The van der Waals surface area contributed by atoms with Crippen LogP contribution in [0, 0.1) is 0 Å². The molecule has 6 nitrogen and oxygen atoms in total. The minimum absolute atomic E-state index is 0.0225. The van der Waals surface area contributed by atoms with E-state index in [4.69, 9.17) is 4.74 Å². The Morgan fingerprint density at radius 1 is 0.969 bits per heavy atom. The van der Waals surface area contributed by atoms with Gasteiger partial charge in [0.05, 0.1) is 12.2 Å². The van der Waals surface area contributed by atoms with Crippen molar-refractivity contribution in [3.63, 3.8) is 0 Å². The third-order valence-corrected chi connectivity index (χ3v) is 7.24. The van der Waals surface area contributed by atoms with Crippen LogP contribution in [0.1, 0.15) is 63.9 Å². The lowest BCUT2D eigenvalue weighted by atomic mass is 9.94. The Hall–Kier alpha value is -2.34. The Labute approximate surface area is 192 Å². The highest BCUT2D eigenvalue weighted by atomic mass is 16.5. The Morgan fingerprint density at radius 2 is 1.62 bits per heavy atom. The number of nitrogens with zero attached hydrogens (tertiary/aromatic N) is 3. The number of carbonyl (C=O) groups is 2. The SMILES string of the molecule is CCCOc1ccc(C2=C(N(C)C3CCN(C)CC3)C(=O)N(C3CCCCC3)C2=O)cc1. The van der Waals surface area contributed by atoms with E-state index < -0.39 is 0 Å². The van der Waals surface area contributed by atoms with Crippen LogP contribution in [-0.2, 0) is 9.59 Å². The van der Waals surface area contributed by atoms with Gasteiger partial charge in [-0.15, -0.1) is 0 Å². The van der Waals surface area contributed by atoms with Gasteiger partial charge in [0.2, 0.25) is 0 Å². The minimum atomic E-state index is -0.126. The summed E-state index contributed by atoms with van der Waals surface area (Å²) in [5.41, 5.74) is 1.95. The van der Waals surface area contributed by atoms with Gasteiger partial charge < -0.3 is 14.5 Å². The molecule has 1 aromatic rings. The van der Waals surface area contributed by atoms with E-state index in [0.29, 0.717) is 17.9 Å². The van der Waals surface area contributed by atoms with Gasteiger partial charge in [0.1, 0.15) is 11.4 Å². The largest absolute Gasteiger partial charge is 0.494 e. The molecule has 4 rings (SSSR count). The maximum Gasteiger partial charge on any atom is 0.278 e. The standard InChI is InChI=1S/C26H37N3O3/c1-4-18-32-22-12-10-19(11-13-22)23-24(28(3)20-14-16-27(2)17-15-20)26(31)29(25(23)30)21-8-6-5-7-9-21/h10-13,20-21H,4-9,14-18H2,1-3H3. The van der Waals surface area contributed by atoms with E-state index in [0.717, 1.165) is 69.3 Å². The molecule has 1 aromatic carbocycles. The van der Waals surface area contributed by atoms with Crippen LogP contribution in [0.15, 0.2) is 30.0 Å². The van der Waals surface area contributed by atoms with Crippen molar-refractivity contribution in [2.24, 2.45) is 0 Å². The fraction of sp³-hybridized carbons (Fsp3) is 0.615. The zero-order valence-corrected chi connectivity index (χ0v) is 19.8. The fourth-order valence-corrected chi connectivity index (χ4v) is 5.30. The average molecular weight is 440 g/mol. The number of likely N-dealkylation sites (N-methyl/N-ethyl adjacent to an activating group) is 1. The van der Waals surface area contributed by atoms with E-state index in [-0.39, 0.29) is 23.9 Å². The zero-order chi connectivity index (χ0) is 22.7. The van der Waals surface area contributed by atoms with Gasteiger partial charge in [0, 0.05) is 19.1 Å². The van der Waals surface area contributed by atoms with Crippen LogP contribution in [0.2, 0.25) is 0 Å². The normalized spacial score (nSPS) is 21.5. The van der Waals surface area contributed by atoms with E-state index in [2.05, 4.69) is 23.8 Å². The highest BCUT2D eigenvalue weighted by molar-refractivity contribution is 6.35. The molecule has 6 heteroatoms. The molecule has 3 aliphatic rings. The van der Waals surface area contributed by atoms with Crippen molar-refractivity contribution in [2.75, 3.05) is 33.8 Å². The highest BCUT2D eigenvalue weighted by Crippen LogP contribution is 2.37. The molecular weight excluding hydrogens is 402 g/mol. The van der Waals surface area contributed by atoms with Gasteiger partial charge in [-0.1, -0.05) is 38.3 Å². The number of imide groups is 1. The summed E-state index contributed by atoms with van der Waals surface area (Å²) in [5.74, 6) is 0.561. The molecule has 0 aromatic heterocycles. The molecule has 2 aliphatic heterocycles. The smallest absolute Gasteiger partial charge is 0.278 e. The first-order valence-corrected chi connectivity index (χ1v) is 12.3. The number of rotatable bonds is 7. The second-order valence-electron chi connectivity index (χ2n) is 9.51. The van der Waals surface area contributed by atoms with Crippen LogP contribution < -0.4 is 4.74 Å². The molecule has 0 N–H and O–H groups in total. The number of piperidine rings is 1. The molecular formula is C26H37N3O3. The van der Waals surface area contributed by atoms with Crippen LogP contribution >= 0.6 is 0 Å². The van der Waals surface area contributed by atoms with Gasteiger partial charge in [-0.05, 0) is 69.9 Å². The highest BCUT2D eigenvalue weighted by Gasteiger charge is 2.45. The summed E-state index contributed by atoms with van der Waals surface area (Å²) >= 11 is 0. The maximum absolute atomic E-state index is 13.7. The van der Waals surface area contributed by atoms with Crippen molar-refractivity contribution in [1.82, 2.24) is 14.7 Å². The topological polar surface area (TPSA) is 53.1 Å². The van der Waals surface area contributed by atoms with Gasteiger partial charge in [0.15, 0.2) is 0 Å². The molecule has 1 saturated carbocycles. The lowest BCUT2D eigenvalue weighted by molar-refractivity contribution is -0.141. The lowest BCUT2D eigenvalue weighted by Crippen LogP contribution is -2.46. The monoisotopic (exact) mass is 439 g/mol. The van der Waals surface area contributed by atoms with E-state index in [1.807, 2.05) is 31.3 Å². The third kappa shape index (κ3) is 4.56. The van der Waals surface area contributed by atoms with Crippen molar-refractivity contribution < 1.29 is 14.3 Å². The molecule has 0 unspecified atom stereocenters. The summed E-state index contributed by atoms with van der Waals surface area (Å²) in [6, 6.07) is 7.97. The number of ether oxygens (including phenoxy) is 1. The molecule has 174 valence electrons. The Balaban J connectivity index is 1.67. The molecule has 0 spiro atoms. The third-order valence-electron chi connectivity index (χ3n) is 7.24. The molecule has 0 atom stereocenters. The van der Waals surface area contributed by atoms with E-state index in [1.54, 1.807) is 4.90 Å². The van der Waals surface area contributed by atoms with Crippen molar-refractivity contribution in [3.05, 3.63) is 35.5 Å². The van der Waals surface area contributed by atoms with E-state index in [9.17, 15) is 9.59 Å². The second kappa shape index (κ2) is 10.1. The number of likely N-dealkylation sites (tertiary alicyclic amines) is 1. The molecule has 32 heavy (non-hydrogen) atoms. The summed E-state index contributed by atoms with van der Waals surface area (Å²) in [6.07, 6.45) is 8.13. The summed E-state index contributed by atoms with van der Waals surface area (Å²) in [7, 11) is 4.14. The Bertz CT molecular complexity index is 850. The first kappa shape index (κ1) is 22.8. The van der Waals surface area contributed by atoms with Crippen molar-refractivity contribution in [1.29, 1.82) is 0 Å². The summed E-state index contributed by atoms with van der Waals surface area (Å²) < 4.78 is 5.72. The maximum atomic E-state index is 13.7. The summed E-state index contributed by atoms with van der Waals surface area (Å²) in [4.78, 5) is 33.4. The van der Waals surface area contributed by atoms with Crippen LogP contribution in [0.4, 0.5) is 0 Å². The van der Waals surface area contributed by atoms with Crippen LogP contribution in [0.25, 0.3) is 5.57 Å². The predicted octanol–water partition coefficient (Wildman–Crippen LogP) is 3.91. The average Bonchev–Trinajstić information content (AvgIpc) is 3.08. The molecule has 0 bridgehead atoms. The van der Waals surface area contributed by atoms with Crippen molar-refractivity contribution in [2.45, 2.75) is 70.4 Å². The van der Waals surface area contributed by atoms with Gasteiger partial charge >= 0.3 is 0 Å². The predicted molar refractivity (Wildman–Crippen MR) is 126 cm³/mol. The Kier molecular flexibility index (Phi) is 7.19.